The highest BCUT2D eigenvalue weighted by molar-refractivity contribution is 7.92. The fourth-order valence-corrected chi connectivity index (χ4v) is 4.38. The molecule has 0 spiro atoms. The summed E-state index contributed by atoms with van der Waals surface area (Å²) in [6, 6.07) is 15.1. The molecule has 0 bridgehead atoms. The van der Waals surface area contributed by atoms with Gasteiger partial charge in [0.05, 0.1) is 49.8 Å². The van der Waals surface area contributed by atoms with Gasteiger partial charge in [-0.25, -0.2) is 13.2 Å². The van der Waals surface area contributed by atoms with Crippen molar-refractivity contribution in [1.82, 2.24) is 0 Å². The highest BCUT2D eigenvalue weighted by Crippen LogP contribution is 2.35. The molecule has 0 aliphatic heterocycles. The molecule has 2 N–H and O–H groups in total. The molecule has 0 saturated carbocycles. The Morgan fingerprint density at radius 3 is 2.11 bits per heavy atom. The van der Waals surface area contributed by atoms with Crippen LogP contribution in [-0.4, -0.2) is 48.2 Å². The van der Waals surface area contributed by atoms with E-state index in [1.54, 1.807) is 37.3 Å². The molecule has 11 heteroatoms. The second-order valence-electron chi connectivity index (χ2n) is 7.26. The fourth-order valence-electron chi connectivity index (χ4n) is 3.29. The van der Waals surface area contributed by atoms with E-state index < -0.39 is 21.9 Å². The van der Waals surface area contributed by atoms with Gasteiger partial charge >= 0.3 is 5.97 Å². The average Bonchev–Trinajstić information content (AvgIpc) is 2.89. The van der Waals surface area contributed by atoms with Crippen molar-refractivity contribution < 1.29 is 37.0 Å². The summed E-state index contributed by atoms with van der Waals surface area (Å²) in [7, 11) is -0.306. The maximum Gasteiger partial charge on any atom is 0.340 e. The third kappa shape index (κ3) is 5.87. The fraction of sp³-hybridized carbons (Fsp3) is 0.200. The Labute approximate surface area is 209 Å². The van der Waals surface area contributed by atoms with Gasteiger partial charge in [-0.1, -0.05) is 18.2 Å². The smallest absolute Gasteiger partial charge is 0.340 e. The summed E-state index contributed by atoms with van der Waals surface area (Å²) in [4.78, 5) is 24.9. The predicted octanol–water partition coefficient (Wildman–Crippen LogP) is 3.94. The van der Waals surface area contributed by atoms with Gasteiger partial charge in [0.2, 0.25) is 0 Å². The first-order valence-electron chi connectivity index (χ1n) is 10.7. The van der Waals surface area contributed by atoms with Crippen LogP contribution in [0.1, 0.15) is 27.6 Å². The quantitative estimate of drug-likeness (QED) is 0.389. The van der Waals surface area contributed by atoms with Gasteiger partial charge in [-0.05, 0) is 37.3 Å². The number of rotatable bonds is 10. The number of sulfonamides is 1. The van der Waals surface area contributed by atoms with E-state index in [0.717, 1.165) is 0 Å². The van der Waals surface area contributed by atoms with Crippen molar-refractivity contribution in [3.63, 3.8) is 0 Å². The van der Waals surface area contributed by atoms with Crippen LogP contribution >= 0.6 is 0 Å². The van der Waals surface area contributed by atoms with E-state index in [9.17, 15) is 18.0 Å². The molecular formula is C25H26N2O8S. The largest absolute Gasteiger partial charge is 0.493 e. The van der Waals surface area contributed by atoms with E-state index in [4.69, 9.17) is 18.9 Å². The van der Waals surface area contributed by atoms with Crippen molar-refractivity contribution in [3.8, 4) is 17.2 Å². The monoisotopic (exact) mass is 514 g/mol. The molecule has 1 amide bonds. The summed E-state index contributed by atoms with van der Waals surface area (Å²) in [5.41, 5.74) is 0.388. The van der Waals surface area contributed by atoms with Crippen LogP contribution in [0.15, 0.2) is 65.6 Å². The normalized spacial score (nSPS) is 10.8. The van der Waals surface area contributed by atoms with Crippen molar-refractivity contribution in [1.29, 1.82) is 0 Å². The summed E-state index contributed by atoms with van der Waals surface area (Å²) in [5.74, 6) is -0.511. The number of nitrogens with one attached hydrogen (secondary N) is 2. The van der Waals surface area contributed by atoms with Crippen LogP contribution in [-0.2, 0) is 14.8 Å². The Morgan fingerprint density at radius 1 is 0.833 bits per heavy atom. The zero-order chi connectivity index (χ0) is 26.3. The Hall–Kier alpha value is -4.25. The van der Waals surface area contributed by atoms with Crippen LogP contribution in [0.2, 0.25) is 0 Å². The number of amides is 1. The van der Waals surface area contributed by atoms with Gasteiger partial charge in [0.15, 0.2) is 11.5 Å². The van der Waals surface area contributed by atoms with Crippen molar-refractivity contribution in [3.05, 3.63) is 71.8 Å². The van der Waals surface area contributed by atoms with Crippen molar-refractivity contribution in [2.75, 3.05) is 38.0 Å². The maximum atomic E-state index is 13.3. The number of hydrogen-bond acceptors (Lipinski definition) is 8. The number of carbonyl (C=O) groups excluding carboxylic acids is 2. The van der Waals surface area contributed by atoms with E-state index in [0.29, 0.717) is 17.9 Å². The first-order valence-corrected chi connectivity index (χ1v) is 12.2. The second kappa shape index (κ2) is 11.5. The molecule has 3 aromatic carbocycles. The minimum absolute atomic E-state index is 0.0803. The van der Waals surface area contributed by atoms with E-state index in [1.807, 2.05) is 0 Å². The minimum Gasteiger partial charge on any atom is -0.493 e. The zero-order valence-corrected chi connectivity index (χ0v) is 21.0. The molecule has 0 aromatic heterocycles. The van der Waals surface area contributed by atoms with E-state index >= 15 is 0 Å². The number of hydrogen-bond donors (Lipinski definition) is 2. The molecule has 10 nitrogen and oxygen atoms in total. The van der Waals surface area contributed by atoms with Gasteiger partial charge in [-0.15, -0.1) is 0 Å². The SMILES string of the molecule is CCOc1ccc(S(=O)(=O)Nc2cc(OC)c(OC)cc2C(=O)OC)cc1NC(=O)c1ccccc1. The lowest BCUT2D eigenvalue weighted by Crippen LogP contribution is -2.18. The van der Waals surface area contributed by atoms with Crippen LogP contribution in [0.5, 0.6) is 17.2 Å². The van der Waals surface area contributed by atoms with Gasteiger partial charge in [-0.3, -0.25) is 9.52 Å². The lowest BCUT2D eigenvalue weighted by atomic mass is 10.1. The van der Waals surface area contributed by atoms with Gasteiger partial charge in [0, 0.05) is 17.7 Å². The molecule has 36 heavy (non-hydrogen) atoms. The number of anilines is 2. The predicted molar refractivity (Wildman–Crippen MR) is 134 cm³/mol. The minimum atomic E-state index is -4.24. The first-order chi connectivity index (χ1) is 17.2. The number of methoxy groups -OCH3 is 3. The Bertz CT molecular complexity index is 1360. The molecule has 0 atom stereocenters. The maximum absolute atomic E-state index is 13.3. The van der Waals surface area contributed by atoms with Crippen LogP contribution in [0.3, 0.4) is 0 Å². The molecule has 0 fully saturated rings. The number of ether oxygens (including phenoxy) is 4. The Balaban J connectivity index is 2.02. The third-order valence-corrected chi connectivity index (χ3v) is 6.38. The molecular weight excluding hydrogens is 488 g/mol. The lowest BCUT2D eigenvalue weighted by molar-refractivity contribution is 0.0601. The topological polar surface area (TPSA) is 129 Å². The van der Waals surface area contributed by atoms with Gasteiger partial charge in [0.1, 0.15) is 5.75 Å². The van der Waals surface area contributed by atoms with Gasteiger partial charge in [-0.2, -0.15) is 0 Å². The molecule has 3 aromatic rings. The third-order valence-electron chi connectivity index (χ3n) is 5.02. The van der Waals surface area contributed by atoms with Crippen LogP contribution in [0, 0.1) is 0 Å². The standard InChI is InChI=1S/C25H26N2O8S/c1-5-35-21-12-11-17(13-20(21)26-24(28)16-9-7-6-8-10-16)36(30,31)27-19-15-23(33-3)22(32-2)14-18(19)25(29)34-4/h6-15,27H,5H2,1-4H3,(H,26,28). The average molecular weight is 515 g/mol. The molecule has 0 radical (unpaired) electrons. The summed E-state index contributed by atoms with van der Waals surface area (Å²) in [6.07, 6.45) is 0. The van der Waals surface area contributed by atoms with Crippen molar-refractivity contribution in [2.24, 2.45) is 0 Å². The van der Waals surface area contributed by atoms with Gasteiger partial charge in [0.25, 0.3) is 15.9 Å². The summed E-state index contributed by atoms with van der Waals surface area (Å²) in [6.45, 7) is 2.06. The van der Waals surface area contributed by atoms with Crippen LogP contribution < -0.4 is 24.2 Å². The summed E-state index contributed by atoms with van der Waals surface area (Å²) >= 11 is 0. The van der Waals surface area contributed by atoms with E-state index in [1.165, 1.54) is 51.7 Å². The molecule has 0 aliphatic carbocycles. The summed E-state index contributed by atoms with van der Waals surface area (Å²) in [5, 5.41) is 2.69. The first kappa shape index (κ1) is 26.4. The number of carbonyl (C=O) groups is 2. The van der Waals surface area contributed by atoms with Crippen LogP contribution in [0.4, 0.5) is 11.4 Å². The van der Waals surface area contributed by atoms with E-state index in [-0.39, 0.29) is 33.3 Å². The Morgan fingerprint density at radius 2 is 1.50 bits per heavy atom. The van der Waals surface area contributed by atoms with Crippen molar-refractivity contribution in [2.45, 2.75) is 11.8 Å². The molecule has 0 heterocycles. The summed E-state index contributed by atoms with van der Waals surface area (Å²) < 4.78 is 49.8. The number of esters is 1. The zero-order valence-electron chi connectivity index (χ0n) is 20.2. The van der Waals surface area contributed by atoms with E-state index in [2.05, 4.69) is 10.0 Å². The molecule has 0 saturated heterocycles. The highest BCUT2D eigenvalue weighted by Gasteiger charge is 2.24. The molecule has 0 aliphatic rings. The highest BCUT2D eigenvalue weighted by atomic mass is 32.2. The number of benzene rings is 3. The lowest BCUT2D eigenvalue weighted by Gasteiger charge is -2.17. The molecule has 190 valence electrons. The molecule has 0 unspecified atom stereocenters. The second-order valence-corrected chi connectivity index (χ2v) is 8.94. The Kier molecular flexibility index (Phi) is 8.38. The van der Waals surface area contributed by atoms with Crippen molar-refractivity contribution >= 4 is 33.3 Å². The molecule has 3 rings (SSSR count). The van der Waals surface area contributed by atoms with Gasteiger partial charge < -0.3 is 24.3 Å². The van der Waals surface area contributed by atoms with Crippen LogP contribution in [0.25, 0.3) is 0 Å².